The third-order valence-corrected chi connectivity index (χ3v) is 4.16. The molecule has 0 aliphatic carbocycles. The first-order chi connectivity index (χ1) is 8.88. The monoisotopic (exact) mass is 287 g/mol. The van der Waals surface area contributed by atoms with E-state index in [-0.39, 0.29) is 5.75 Å². The van der Waals surface area contributed by atoms with Crippen LogP contribution in [0.15, 0.2) is 6.07 Å². The molecule has 0 aliphatic heterocycles. The summed E-state index contributed by atoms with van der Waals surface area (Å²) >= 11 is 0. The molecule has 0 aliphatic rings. The molecule has 5 heteroatoms. The zero-order chi connectivity index (χ0) is 14.3. The van der Waals surface area contributed by atoms with Crippen LogP contribution in [0.3, 0.4) is 0 Å². The van der Waals surface area contributed by atoms with E-state index in [0.717, 1.165) is 25.7 Å². The van der Waals surface area contributed by atoms with Crippen molar-refractivity contribution in [2.45, 2.75) is 58.8 Å². The molecule has 0 unspecified atom stereocenters. The maximum Gasteiger partial charge on any atom is 0.264 e. The van der Waals surface area contributed by atoms with Gasteiger partial charge < -0.3 is 4.98 Å². The van der Waals surface area contributed by atoms with Crippen molar-refractivity contribution >= 4 is 10.1 Å². The molecule has 0 saturated carbocycles. The van der Waals surface area contributed by atoms with Gasteiger partial charge in [-0.05, 0) is 44.7 Å². The molecule has 0 amide bonds. The summed E-state index contributed by atoms with van der Waals surface area (Å²) in [6.07, 6.45) is 7.08. The lowest BCUT2D eigenvalue weighted by Crippen LogP contribution is -2.03. The molecule has 0 bridgehead atoms. The number of H-pyrrole nitrogens is 1. The molecule has 19 heavy (non-hydrogen) atoms. The van der Waals surface area contributed by atoms with Crippen molar-refractivity contribution in [2.75, 3.05) is 5.75 Å². The Balaban J connectivity index is 2.01. The highest BCUT2D eigenvalue weighted by Gasteiger charge is 2.03. The molecule has 1 aromatic heterocycles. The zero-order valence-corrected chi connectivity index (χ0v) is 12.7. The van der Waals surface area contributed by atoms with Crippen molar-refractivity contribution in [3.63, 3.8) is 0 Å². The third kappa shape index (κ3) is 7.38. The topological polar surface area (TPSA) is 70.2 Å². The van der Waals surface area contributed by atoms with Gasteiger partial charge in [-0.3, -0.25) is 4.55 Å². The first kappa shape index (κ1) is 16.2. The van der Waals surface area contributed by atoms with Gasteiger partial charge in [0.25, 0.3) is 10.1 Å². The normalized spacial score (nSPS) is 11.9. The summed E-state index contributed by atoms with van der Waals surface area (Å²) in [5.74, 6) is -0.102. The summed E-state index contributed by atoms with van der Waals surface area (Å²) in [5.41, 5.74) is 3.90. The lowest BCUT2D eigenvalue weighted by molar-refractivity contribution is 0.478. The molecule has 0 saturated heterocycles. The lowest BCUT2D eigenvalue weighted by atomic mass is 10.1. The number of aromatic nitrogens is 1. The van der Waals surface area contributed by atoms with E-state index in [1.165, 1.54) is 29.8 Å². The summed E-state index contributed by atoms with van der Waals surface area (Å²) in [7, 11) is -3.76. The number of unbranched alkanes of at least 4 members (excludes halogenated alkanes) is 5. The Morgan fingerprint density at radius 2 is 1.63 bits per heavy atom. The SMILES string of the molecule is Cc1cc(CCCCCCCCS(=O)(=O)O)c(C)[nH]1. The van der Waals surface area contributed by atoms with Crippen molar-refractivity contribution in [1.82, 2.24) is 4.98 Å². The molecular weight excluding hydrogens is 262 g/mol. The van der Waals surface area contributed by atoms with Crippen LogP contribution in [-0.2, 0) is 16.5 Å². The highest BCUT2D eigenvalue weighted by atomic mass is 32.2. The van der Waals surface area contributed by atoms with Crippen LogP contribution in [0, 0.1) is 13.8 Å². The second-order valence-electron chi connectivity index (χ2n) is 5.26. The molecule has 1 aromatic rings. The maximum absolute atomic E-state index is 10.5. The molecule has 4 nitrogen and oxygen atoms in total. The average molecular weight is 287 g/mol. The van der Waals surface area contributed by atoms with Gasteiger partial charge in [-0.15, -0.1) is 0 Å². The Morgan fingerprint density at radius 3 is 2.16 bits per heavy atom. The second-order valence-corrected chi connectivity index (χ2v) is 6.83. The largest absolute Gasteiger partial charge is 0.362 e. The molecule has 110 valence electrons. The summed E-state index contributed by atoms with van der Waals surface area (Å²) in [6, 6.07) is 2.21. The highest BCUT2D eigenvalue weighted by molar-refractivity contribution is 7.85. The molecule has 0 radical (unpaired) electrons. The highest BCUT2D eigenvalue weighted by Crippen LogP contribution is 2.14. The number of aromatic amines is 1. The van der Waals surface area contributed by atoms with Crippen LogP contribution >= 0.6 is 0 Å². The van der Waals surface area contributed by atoms with E-state index >= 15 is 0 Å². The minimum Gasteiger partial charge on any atom is -0.362 e. The Hall–Kier alpha value is -0.810. The van der Waals surface area contributed by atoms with E-state index in [1.807, 2.05) is 0 Å². The average Bonchev–Trinajstić information content (AvgIpc) is 2.60. The summed E-state index contributed by atoms with van der Waals surface area (Å²) in [6.45, 7) is 4.18. The van der Waals surface area contributed by atoms with E-state index in [2.05, 4.69) is 24.9 Å². The van der Waals surface area contributed by atoms with Crippen LogP contribution in [-0.4, -0.2) is 23.7 Å². The van der Waals surface area contributed by atoms with Crippen molar-refractivity contribution in [2.24, 2.45) is 0 Å². The van der Waals surface area contributed by atoms with E-state index in [1.54, 1.807) is 0 Å². The quantitative estimate of drug-likeness (QED) is 0.540. The van der Waals surface area contributed by atoms with Crippen molar-refractivity contribution in [3.8, 4) is 0 Å². The van der Waals surface area contributed by atoms with Crippen LogP contribution in [0.1, 0.15) is 55.5 Å². The molecule has 1 heterocycles. The number of hydrogen-bond acceptors (Lipinski definition) is 2. The van der Waals surface area contributed by atoms with Gasteiger partial charge in [-0.1, -0.05) is 25.7 Å². The molecule has 2 N–H and O–H groups in total. The summed E-state index contributed by atoms with van der Waals surface area (Å²) < 4.78 is 29.6. The first-order valence-corrected chi connectivity index (χ1v) is 8.59. The Labute approximate surface area is 116 Å². The number of hydrogen-bond donors (Lipinski definition) is 2. The predicted molar refractivity (Wildman–Crippen MR) is 78.1 cm³/mol. The van der Waals surface area contributed by atoms with Crippen molar-refractivity contribution < 1.29 is 13.0 Å². The fourth-order valence-corrected chi connectivity index (χ4v) is 2.92. The van der Waals surface area contributed by atoms with Crippen LogP contribution in [0.4, 0.5) is 0 Å². The van der Waals surface area contributed by atoms with Gasteiger partial charge >= 0.3 is 0 Å². The second kappa shape index (κ2) is 7.70. The number of aryl methyl sites for hydroxylation is 3. The first-order valence-electron chi connectivity index (χ1n) is 6.99. The predicted octanol–water partition coefficient (Wildman–Crippen LogP) is 3.40. The fraction of sp³-hybridized carbons (Fsp3) is 0.714. The standard InChI is InChI=1S/C14H25NO3S/c1-12-11-14(13(2)15-12)9-7-5-3-4-6-8-10-19(16,17)18/h11,15H,3-10H2,1-2H3,(H,16,17,18). The molecule has 0 aromatic carbocycles. The van der Waals surface area contributed by atoms with E-state index < -0.39 is 10.1 Å². The molecular formula is C14H25NO3S. The maximum atomic E-state index is 10.5. The summed E-state index contributed by atoms with van der Waals surface area (Å²) in [5, 5.41) is 0. The Bertz CT molecular complexity index is 477. The number of rotatable bonds is 9. The molecule has 0 spiro atoms. The minimum absolute atomic E-state index is 0.102. The van der Waals surface area contributed by atoms with E-state index in [0.29, 0.717) is 6.42 Å². The van der Waals surface area contributed by atoms with E-state index in [9.17, 15) is 8.42 Å². The van der Waals surface area contributed by atoms with Crippen molar-refractivity contribution in [1.29, 1.82) is 0 Å². The lowest BCUT2D eigenvalue weighted by Gasteiger charge is -2.02. The molecule has 1 rings (SSSR count). The Morgan fingerprint density at radius 1 is 1.05 bits per heavy atom. The van der Waals surface area contributed by atoms with Crippen molar-refractivity contribution in [3.05, 3.63) is 23.0 Å². The van der Waals surface area contributed by atoms with Crippen LogP contribution in [0.2, 0.25) is 0 Å². The van der Waals surface area contributed by atoms with Gasteiger partial charge in [0.1, 0.15) is 0 Å². The number of nitrogens with one attached hydrogen (secondary N) is 1. The molecule has 0 fully saturated rings. The third-order valence-electron chi connectivity index (χ3n) is 3.36. The molecule has 0 atom stereocenters. The van der Waals surface area contributed by atoms with Gasteiger partial charge in [-0.2, -0.15) is 8.42 Å². The smallest absolute Gasteiger partial charge is 0.264 e. The minimum atomic E-state index is -3.76. The van der Waals surface area contributed by atoms with Crippen LogP contribution in [0.5, 0.6) is 0 Å². The van der Waals surface area contributed by atoms with Gasteiger partial charge in [0, 0.05) is 11.4 Å². The van der Waals surface area contributed by atoms with Gasteiger partial charge in [-0.25, -0.2) is 0 Å². The Kier molecular flexibility index (Phi) is 6.58. The van der Waals surface area contributed by atoms with E-state index in [4.69, 9.17) is 4.55 Å². The summed E-state index contributed by atoms with van der Waals surface area (Å²) in [4.78, 5) is 3.31. The van der Waals surface area contributed by atoms with Crippen LogP contribution < -0.4 is 0 Å². The van der Waals surface area contributed by atoms with Gasteiger partial charge in [0.2, 0.25) is 0 Å². The zero-order valence-electron chi connectivity index (χ0n) is 11.9. The van der Waals surface area contributed by atoms with Gasteiger partial charge in [0.05, 0.1) is 5.75 Å². The van der Waals surface area contributed by atoms with Gasteiger partial charge in [0.15, 0.2) is 0 Å². The fourth-order valence-electron chi connectivity index (χ4n) is 2.35. The van der Waals surface area contributed by atoms with Crippen LogP contribution in [0.25, 0.3) is 0 Å².